The van der Waals surface area contributed by atoms with E-state index in [1.807, 2.05) is 0 Å². The molecule has 0 atom stereocenters. The Labute approximate surface area is 160 Å². The van der Waals surface area contributed by atoms with Crippen LogP contribution in [0.4, 0.5) is 32.0 Å². The highest BCUT2D eigenvalue weighted by Crippen LogP contribution is 2.33. The molecule has 1 fully saturated rings. The van der Waals surface area contributed by atoms with Crippen molar-refractivity contribution in [1.29, 1.82) is 0 Å². The van der Waals surface area contributed by atoms with Gasteiger partial charge in [-0.3, -0.25) is 9.69 Å². The Morgan fingerprint density at radius 3 is 2.38 bits per heavy atom. The van der Waals surface area contributed by atoms with Crippen LogP contribution in [0, 0.1) is 0 Å². The van der Waals surface area contributed by atoms with Crippen LogP contribution in [0.5, 0.6) is 0 Å². The Bertz CT molecular complexity index is 856. The van der Waals surface area contributed by atoms with Gasteiger partial charge in [0, 0.05) is 11.6 Å². The number of hydrogen-bond acceptors (Lipinski definition) is 5. The number of nitrogens with one attached hydrogen (secondary N) is 1. The van der Waals surface area contributed by atoms with Crippen molar-refractivity contribution in [2.24, 2.45) is 0 Å². The van der Waals surface area contributed by atoms with Crippen molar-refractivity contribution in [2.75, 3.05) is 25.0 Å². The van der Waals surface area contributed by atoms with Gasteiger partial charge in [0.25, 0.3) is 0 Å². The van der Waals surface area contributed by atoms with Gasteiger partial charge in [-0.05, 0) is 44.1 Å². The molecule has 1 aliphatic heterocycles. The highest BCUT2D eigenvalue weighted by atomic mass is 19.4. The number of carbonyl (C=O) groups is 1. The number of halogens is 6. The highest BCUT2D eigenvalue weighted by Gasteiger charge is 2.39. The molecule has 29 heavy (non-hydrogen) atoms. The fourth-order valence-electron chi connectivity index (χ4n) is 3.03. The average Bonchev–Trinajstić information content (AvgIpc) is 3.12. The van der Waals surface area contributed by atoms with Gasteiger partial charge in [0.15, 0.2) is 0 Å². The average molecular weight is 422 g/mol. The third-order valence-electron chi connectivity index (χ3n) is 4.46. The number of nitrogens with zero attached hydrogens (tertiary/aromatic N) is 3. The van der Waals surface area contributed by atoms with Crippen molar-refractivity contribution in [1.82, 2.24) is 15.1 Å². The van der Waals surface area contributed by atoms with Gasteiger partial charge in [-0.15, -0.1) is 10.2 Å². The molecule has 3 rings (SSSR count). The van der Waals surface area contributed by atoms with Crippen LogP contribution in [0.15, 0.2) is 28.7 Å². The molecule has 6 nitrogen and oxygen atoms in total. The van der Waals surface area contributed by atoms with E-state index in [0.717, 1.165) is 12.1 Å². The van der Waals surface area contributed by atoms with Crippen molar-refractivity contribution >= 4 is 11.6 Å². The lowest BCUT2D eigenvalue weighted by Crippen LogP contribution is -2.38. The Morgan fingerprint density at radius 1 is 1.10 bits per heavy atom. The molecule has 12 heteroatoms. The number of anilines is 1. The monoisotopic (exact) mass is 422 g/mol. The first-order chi connectivity index (χ1) is 13.5. The fourth-order valence-corrected chi connectivity index (χ4v) is 3.03. The van der Waals surface area contributed by atoms with Gasteiger partial charge in [-0.2, -0.15) is 26.3 Å². The molecule has 158 valence electrons. The zero-order valence-corrected chi connectivity index (χ0v) is 14.8. The molecule has 2 aromatic rings. The van der Waals surface area contributed by atoms with Crippen LogP contribution < -0.4 is 5.32 Å². The Morgan fingerprint density at radius 2 is 1.79 bits per heavy atom. The lowest BCUT2D eigenvalue weighted by molar-refractivity contribution is -0.157. The van der Waals surface area contributed by atoms with E-state index < -0.39 is 29.7 Å². The van der Waals surface area contributed by atoms with Crippen LogP contribution in [0.25, 0.3) is 0 Å². The van der Waals surface area contributed by atoms with E-state index in [-0.39, 0.29) is 24.0 Å². The molecule has 0 radical (unpaired) electrons. The van der Waals surface area contributed by atoms with E-state index >= 15 is 0 Å². The molecule has 1 aliphatic rings. The fraction of sp³-hybridized carbons (Fsp3) is 0.471. The van der Waals surface area contributed by atoms with Gasteiger partial charge in [-0.25, -0.2) is 0 Å². The van der Waals surface area contributed by atoms with Crippen LogP contribution in [-0.4, -0.2) is 40.6 Å². The minimum atomic E-state index is -4.70. The molecule has 1 saturated heterocycles. The second-order valence-corrected chi connectivity index (χ2v) is 6.62. The maximum Gasteiger partial charge on any atom is 0.470 e. The molecular weight excluding hydrogens is 406 g/mol. The molecule has 1 aromatic carbocycles. The molecule has 1 aromatic heterocycles. The summed E-state index contributed by atoms with van der Waals surface area (Å²) in [7, 11) is 0. The van der Waals surface area contributed by atoms with E-state index in [1.165, 1.54) is 12.1 Å². The van der Waals surface area contributed by atoms with Crippen molar-refractivity contribution in [2.45, 2.75) is 31.1 Å². The molecular formula is C17H16F6N4O2. The van der Waals surface area contributed by atoms with Gasteiger partial charge < -0.3 is 9.73 Å². The third-order valence-corrected chi connectivity index (χ3v) is 4.46. The van der Waals surface area contributed by atoms with Gasteiger partial charge in [0.05, 0.1) is 12.1 Å². The van der Waals surface area contributed by atoms with Crippen LogP contribution >= 0.6 is 0 Å². The van der Waals surface area contributed by atoms with E-state index in [4.69, 9.17) is 0 Å². The molecule has 0 saturated carbocycles. The topological polar surface area (TPSA) is 71.3 Å². The quantitative estimate of drug-likeness (QED) is 0.757. The highest BCUT2D eigenvalue weighted by molar-refractivity contribution is 5.92. The number of likely N-dealkylation sites (tertiary alicyclic amines) is 1. The smallest absolute Gasteiger partial charge is 0.417 e. The lowest BCUT2D eigenvalue weighted by Gasteiger charge is -2.29. The first kappa shape index (κ1) is 21.1. The van der Waals surface area contributed by atoms with E-state index in [2.05, 4.69) is 19.9 Å². The SMILES string of the molecule is O=C(CN1CCC(c2nnc(C(F)(F)F)o2)CC1)Nc1cccc(C(F)(F)F)c1. The molecule has 2 heterocycles. The molecule has 0 bridgehead atoms. The minimum Gasteiger partial charge on any atom is -0.417 e. The van der Waals surface area contributed by atoms with Gasteiger partial charge >= 0.3 is 18.2 Å². The van der Waals surface area contributed by atoms with Gasteiger partial charge in [0.1, 0.15) is 0 Å². The Kier molecular flexibility index (Phi) is 5.82. The number of amides is 1. The second-order valence-electron chi connectivity index (χ2n) is 6.62. The summed E-state index contributed by atoms with van der Waals surface area (Å²) in [6.07, 6.45) is -8.39. The Hall–Kier alpha value is -2.63. The van der Waals surface area contributed by atoms with Crippen LogP contribution in [0.3, 0.4) is 0 Å². The number of alkyl halides is 6. The van der Waals surface area contributed by atoms with Crippen molar-refractivity contribution in [3.8, 4) is 0 Å². The van der Waals surface area contributed by atoms with Crippen molar-refractivity contribution < 1.29 is 35.6 Å². The van der Waals surface area contributed by atoms with Crippen molar-refractivity contribution in [3.63, 3.8) is 0 Å². The number of rotatable bonds is 4. The first-order valence-electron chi connectivity index (χ1n) is 8.62. The zero-order chi connectivity index (χ0) is 21.2. The molecule has 1 N–H and O–H groups in total. The Balaban J connectivity index is 1.51. The standard InChI is InChI=1S/C17H16F6N4O2/c18-16(19,20)11-2-1-3-12(8-11)24-13(28)9-27-6-4-10(5-7-27)14-25-26-15(29-14)17(21,22)23/h1-3,8,10H,4-7,9H2,(H,24,28). The van der Waals surface area contributed by atoms with E-state index in [0.29, 0.717) is 25.9 Å². The number of benzene rings is 1. The van der Waals surface area contributed by atoms with E-state index in [1.54, 1.807) is 4.90 Å². The molecule has 0 unspecified atom stereocenters. The summed E-state index contributed by atoms with van der Waals surface area (Å²) in [6.45, 7) is 0.732. The van der Waals surface area contributed by atoms with Crippen LogP contribution in [0.2, 0.25) is 0 Å². The summed E-state index contributed by atoms with van der Waals surface area (Å²) in [6, 6.07) is 4.30. The minimum absolute atomic E-state index is 0.0326. The van der Waals surface area contributed by atoms with Crippen molar-refractivity contribution in [3.05, 3.63) is 41.6 Å². The van der Waals surface area contributed by atoms with Gasteiger partial charge in [0.2, 0.25) is 11.8 Å². The number of carbonyl (C=O) groups excluding carboxylic acids is 1. The normalized spacial score (nSPS) is 16.8. The number of piperidine rings is 1. The maximum absolute atomic E-state index is 12.7. The predicted octanol–water partition coefficient (Wildman–Crippen LogP) is 3.93. The summed E-state index contributed by atoms with van der Waals surface area (Å²) < 4.78 is 80.4. The maximum atomic E-state index is 12.7. The first-order valence-corrected chi connectivity index (χ1v) is 8.62. The largest absolute Gasteiger partial charge is 0.470 e. The number of hydrogen-bond donors (Lipinski definition) is 1. The summed E-state index contributed by atoms with van der Waals surface area (Å²) in [5.41, 5.74) is -0.834. The van der Waals surface area contributed by atoms with Gasteiger partial charge in [-0.1, -0.05) is 6.07 Å². The summed E-state index contributed by atoms with van der Waals surface area (Å²) >= 11 is 0. The predicted molar refractivity (Wildman–Crippen MR) is 87.8 cm³/mol. The summed E-state index contributed by atoms with van der Waals surface area (Å²) in [5, 5.41) is 8.87. The van der Waals surface area contributed by atoms with E-state index in [9.17, 15) is 31.1 Å². The van der Waals surface area contributed by atoms with Crippen LogP contribution in [-0.2, 0) is 17.1 Å². The zero-order valence-electron chi connectivity index (χ0n) is 14.8. The molecule has 0 spiro atoms. The molecule has 0 aliphatic carbocycles. The third kappa shape index (κ3) is 5.46. The second kappa shape index (κ2) is 8.01. The molecule has 1 amide bonds. The summed E-state index contributed by atoms with van der Waals surface area (Å²) in [4.78, 5) is 13.9. The van der Waals surface area contributed by atoms with Crippen LogP contribution in [0.1, 0.15) is 36.1 Å². The summed E-state index contributed by atoms with van der Waals surface area (Å²) in [5.74, 6) is -2.32. The number of aromatic nitrogens is 2. The lowest BCUT2D eigenvalue weighted by atomic mass is 9.97.